The SMILES string of the molecule is C[C@@H]1CN(c2cc(=O)n(C)c3ccc(C#N)nc23)[C@@H](C)CN1C(c1ccc(Cl)cc1)c1ccc(F)cn1. The third kappa shape index (κ3) is 4.68. The highest BCUT2D eigenvalue weighted by Crippen LogP contribution is 2.35. The van der Waals surface area contributed by atoms with Crippen LogP contribution in [-0.4, -0.2) is 44.6 Å². The van der Waals surface area contributed by atoms with Crippen molar-refractivity contribution in [2.45, 2.75) is 32.0 Å². The average molecular weight is 517 g/mol. The second-order valence-electron chi connectivity index (χ2n) is 9.51. The van der Waals surface area contributed by atoms with Gasteiger partial charge in [-0.3, -0.25) is 14.7 Å². The summed E-state index contributed by atoms with van der Waals surface area (Å²) in [5, 5.41) is 10.1. The molecule has 188 valence electrons. The smallest absolute Gasteiger partial charge is 0.252 e. The van der Waals surface area contributed by atoms with E-state index in [1.54, 1.807) is 35.9 Å². The van der Waals surface area contributed by atoms with Gasteiger partial charge in [0.05, 0.1) is 29.1 Å². The molecule has 0 saturated carbocycles. The number of halogens is 2. The summed E-state index contributed by atoms with van der Waals surface area (Å²) in [5.74, 6) is -0.383. The van der Waals surface area contributed by atoms with Gasteiger partial charge in [-0.2, -0.15) is 5.26 Å². The lowest BCUT2D eigenvalue weighted by Crippen LogP contribution is -2.57. The molecule has 4 aromatic rings. The Labute approximate surface area is 219 Å². The Kier molecular flexibility index (Phi) is 6.67. The molecule has 4 heterocycles. The van der Waals surface area contributed by atoms with Gasteiger partial charge in [0, 0.05) is 43.3 Å². The van der Waals surface area contributed by atoms with Gasteiger partial charge in [0.15, 0.2) is 0 Å². The highest BCUT2D eigenvalue weighted by molar-refractivity contribution is 6.30. The number of anilines is 1. The first-order valence-corrected chi connectivity index (χ1v) is 12.4. The lowest BCUT2D eigenvalue weighted by atomic mass is 9.96. The van der Waals surface area contributed by atoms with E-state index in [1.165, 1.54) is 12.3 Å². The molecule has 9 heteroatoms. The predicted molar refractivity (Wildman–Crippen MR) is 142 cm³/mol. The van der Waals surface area contributed by atoms with Crippen LogP contribution in [0.5, 0.6) is 0 Å². The van der Waals surface area contributed by atoms with Crippen LogP contribution in [0, 0.1) is 17.1 Å². The van der Waals surface area contributed by atoms with E-state index in [2.05, 4.69) is 39.7 Å². The minimum atomic E-state index is -0.383. The summed E-state index contributed by atoms with van der Waals surface area (Å²) in [7, 11) is 1.71. The molecule has 0 amide bonds. The Balaban J connectivity index is 1.55. The molecule has 1 aliphatic heterocycles. The van der Waals surface area contributed by atoms with Crippen LogP contribution >= 0.6 is 11.6 Å². The van der Waals surface area contributed by atoms with E-state index in [-0.39, 0.29) is 29.5 Å². The normalized spacial score (nSPS) is 19.1. The summed E-state index contributed by atoms with van der Waals surface area (Å²) in [5.41, 5.74) is 3.95. The summed E-state index contributed by atoms with van der Waals surface area (Å²) in [4.78, 5) is 26.3. The molecule has 1 saturated heterocycles. The van der Waals surface area contributed by atoms with Crippen LogP contribution in [0.25, 0.3) is 11.0 Å². The Bertz CT molecular complexity index is 1500. The molecule has 0 bridgehead atoms. The van der Waals surface area contributed by atoms with Crippen molar-refractivity contribution >= 4 is 28.3 Å². The van der Waals surface area contributed by atoms with E-state index in [9.17, 15) is 14.4 Å². The van der Waals surface area contributed by atoms with E-state index in [1.807, 2.05) is 24.3 Å². The highest BCUT2D eigenvalue weighted by Gasteiger charge is 2.36. The Morgan fingerprint density at radius 1 is 1.08 bits per heavy atom. The van der Waals surface area contributed by atoms with Crippen molar-refractivity contribution in [3.63, 3.8) is 0 Å². The van der Waals surface area contributed by atoms with E-state index in [0.717, 1.165) is 16.9 Å². The van der Waals surface area contributed by atoms with Gasteiger partial charge in [0.25, 0.3) is 5.56 Å². The maximum Gasteiger partial charge on any atom is 0.252 e. The highest BCUT2D eigenvalue weighted by atomic mass is 35.5. The zero-order valence-electron chi connectivity index (χ0n) is 20.8. The fourth-order valence-corrected chi connectivity index (χ4v) is 5.29. The van der Waals surface area contributed by atoms with Crippen LogP contribution in [-0.2, 0) is 7.05 Å². The zero-order valence-corrected chi connectivity index (χ0v) is 21.5. The van der Waals surface area contributed by atoms with Crippen LogP contribution in [0.3, 0.4) is 0 Å². The Hall–Kier alpha value is -3.80. The van der Waals surface area contributed by atoms with E-state index in [0.29, 0.717) is 34.8 Å². The molecule has 1 aliphatic rings. The lowest BCUT2D eigenvalue weighted by Gasteiger charge is -2.48. The second kappa shape index (κ2) is 9.92. The summed E-state index contributed by atoms with van der Waals surface area (Å²) in [6.07, 6.45) is 1.24. The van der Waals surface area contributed by atoms with Crippen LogP contribution in [0.4, 0.5) is 10.1 Å². The van der Waals surface area contributed by atoms with Crippen molar-refractivity contribution in [2.24, 2.45) is 7.05 Å². The maximum atomic E-state index is 13.7. The summed E-state index contributed by atoms with van der Waals surface area (Å²) in [6.45, 7) is 5.51. The fourth-order valence-electron chi connectivity index (χ4n) is 5.17. The van der Waals surface area contributed by atoms with Crippen LogP contribution < -0.4 is 10.5 Å². The fraction of sp³-hybridized carbons (Fsp3) is 0.286. The number of piperazine rings is 1. The number of nitrogens with zero attached hydrogens (tertiary/aromatic N) is 6. The molecular formula is C28H26ClFN6O. The van der Waals surface area contributed by atoms with Crippen molar-refractivity contribution < 1.29 is 4.39 Å². The second-order valence-corrected chi connectivity index (χ2v) is 9.94. The summed E-state index contributed by atoms with van der Waals surface area (Å²) < 4.78 is 15.3. The number of aromatic nitrogens is 3. The number of benzene rings is 1. The number of rotatable bonds is 4. The van der Waals surface area contributed by atoms with Crippen molar-refractivity contribution in [1.82, 2.24) is 19.4 Å². The largest absolute Gasteiger partial charge is 0.364 e. The molecule has 3 atom stereocenters. The molecular weight excluding hydrogens is 491 g/mol. The molecule has 5 rings (SSSR count). The minimum absolute atomic E-state index is 0.00861. The van der Waals surface area contributed by atoms with Crippen LogP contribution in [0.15, 0.2) is 65.6 Å². The third-order valence-electron chi connectivity index (χ3n) is 7.07. The zero-order chi connectivity index (χ0) is 26.3. The number of pyridine rings is 3. The predicted octanol–water partition coefficient (Wildman–Crippen LogP) is 4.68. The van der Waals surface area contributed by atoms with E-state index in [4.69, 9.17) is 11.6 Å². The van der Waals surface area contributed by atoms with Crippen LogP contribution in [0.2, 0.25) is 5.02 Å². The molecule has 7 nitrogen and oxygen atoms in total. The van der Waals surface area contributed by atoms with E-state index < -0.39 is 0 Å². The molecule has 1 aromatic carbocycles. The van der Waals surface area contributed by atoms with Gasteiger partial charge in [0.2, 0.25) is 0 Å². The number of nitriles is 1. The Morgan fingerprint density at radius 2 is 1.84 bits per heavy atom. The molecule has 1 unspecified atom stereocenters. The quantitative estimate of drug-likeness (QED) is 0.392. The molecule has 1 fully saturated rings. The standard InChI is InChI=1S/C28H26ClFN6O/c1-17-16-36(28(19-4-6-20(29)7-5-19)23-10-8-21(30)14-32-23)18(2)15-35(17)25-12-26(37)34(3)24-11-9-22(13-31)33-27(24)25/h4-12,14,17-18,28H,15-16H2,1-3H3/t17-,18+,28?/m0/s1. The minimum Gasteiger partial charge on any atom is -0.364 e. The van der Waals surface area contributed by atoms with Crippen molar-refractivity contribution in [1.29, 1.82) is 5.26 Å². The monoisotopic (exact) mass is 516 g/mol. The molecule has 0 spiro atoms. The number of aryl methyl sites for hydroxylation is 1. The first-order valence-electron chi connectivity index (χ1n) is 12.1. The number of fused-ring (bicyclic) bond motifs is 1. The van der Waals surface area contributed by atoms with Gasteiger partial charge in [-0.15, -0.1) is 0 Å². The number of hydrogen-bond acceptors (Lipinski definition) is 6. The van der Waals surface area contributed by atoms with Gasteiger partial charge < -0.3 is 9.47 Å². The average Bonchev–Trinajstić information content (AvgIpc) is 2.90. The van der Waals surface area contributed by atoms with Crippen molar-refractivity contribution in [3.8, 4) is 6.07 Å². The van der Waals surface area contributed by atoms with Gasteiger partial charge in [-0.05, 0) is 55.8 Å². The van der Waals surface area contributed by atoms with Gasteiger partial charge in [0.1, 0.15) is 23.1 Å². The van der Waals surface area contributed by atoms with Gasteiger partial charge >= 0.3 is 0 Å². The molecule has 0 aliphatic carbocycles. The lowest BCUT2D eigenvalue weighted by molar-refractivity contribution is 0.128. The van der Waals surface area contributed by atoms with Gasteiger partial charge in [-0.1, -0.05) is 23.7 Å². The van der Waals surface area contributed by atoms with Crippen molar-refractivity contribution in [3.05, 3.63) is 98.9 Å². The summed E-state index contributed by atoms with van der Waals surface area (Å²) >= 11 is 6.16. The molecule has 3 aromatic heterocycles. The van der Waals surface area contributed by atoms with Crippen LogP contribution in [0.1, 0.15) is 36.8 Å². The third-order valence-corrected chi connectivity index (χ3v) is 7.33. The first-order chi connectivity index (χ1) is 17.8. The summed E-state index contributed by atoms with van der Waals surface area (Å²) in [6, 6.07) is 17.8. The molecule has 0 N–H and O–H groups in total. The number of hydrogen-bond donors (Lipinski definition) is 0. The van der Waals surface area contributed by atoms with E-state index >= 15 is 0 Å². The topological polar surface area (TPSA) is 78.0 Å². The molecule has 0 radical (unpaired) electrons. The maximum absolute atomic E-state index is 13.7. The van der Waals surface area contributed by atoms with Gasteiger partial charge in [-0.25, -0.2) is 9.37 Å². The Morgan fingerprint density at radius 3 is 2.51 bits per heavy atom. The first kappa shape index (κ1) is 24.9. The molecule has 37 heavy (non-hydrogen) atoms. The van der Waals surface area contributed by atoms with Crippen molar-refractivity contribution in [2.75, 3.05) is 18.0 Å².